The standard InChI is InChI=1S/C20H25N3O3S.ClH/c1-15-5-3-7-17(13-15)22-27(25,26)19-8-4-6-16(14-19)20(24)23(2)18-9-11-21-12-10-18;/h3-8,13-14,18,21-22H,9-12H2,1-2H3;1H. The third kappa shape index (κ3) is 5.25. The lowest BCUT2D eigenvalue weighted by Crippen LogP contribution is -2.44. The fourth-order valence-corrected chi connectivity index (χ4v) is 4.38. The van der Waals surface area contributed by atoms with Crippen LogP contribution in [0.1, 0.15) is 28.8 Å². The number of amides is 1. The molecule has 152 valence electrons. The number of hydrogen-bond donors (Lipinski definition) is 2. The van der Waals surface area contributed by atoms with Crippen molar-refractivity contribution in [2.24, 2.45) is 0 Å². The van der Waals surface area contributed by atoms with Gasteiger partial charge in [-0.2, -0.15) is 0 Å². The number of carbonyl (C=O) groups is 1. The van der Waals surface area contributed by atoms with E-state index in [1.807, 2.05) is 13.0 Å². The number of anilines is 1. The van der Waals surface area contributed by atoms with Crippen molar-refractivity contribution in [1.29, 1.82) is 0 Å². The number of aryl methyl sites for hydroxylation is 1. The van der Waals surface area contributed by atoms with Gasteiger partial charge >= 0.3 is 0 Å². The third-order valence-electron chi connectivity index (χ3n) is 4.84. The molecule has 0 spiro atoms. The van der Waals surface area contributed by atoms with Gasteiger partial charge in [-0.3, -0.25) is 9.52 Å². The molecule has 0 radical (unpaired) electrons. The molecule has 0 aromatic heterocycles. The molecule has 6 nitrogen and oxygen atoms in total. The Balaban J connectivity index is 0.00000280. The number of piperidine rings is 1. The van der Waals surface area contributed by atoms with Crippen LogP contribution >= 0.6 is 12.4 Å². The zero-order chi connectivity index (χ0) is 19.4. The smallest absolute Gasteiger partial charge is 0.261 e. The molecule has 3 rings (SSSR count). The molecule has 2 aromatic carbocycles. The van der Waals surface area contributed by atoms with E-state index in [1.54, 1.807) is 42.3 Å². The van der Waals surface area contributed by atoms with Gasteiger partial charge in [-0.05, 0) is 68.8 Å². The molecule has 1 heterocycles. The third-order valence-corrected chi connectivity index (χ3v) is 6.22. The van der Waals surface area contributed by atoms with E-state index in [0.29, 0.717) is 11.3 Å². The Morgan fingerprint density at radius 2 is 1.79 bits per heavy atom. The second kappa shape index (κ2) is 9.41. The number of rotatable bonds is 5. The Kier molecular flexibility index (Phi) is 7.46. The average Bonchev–Trinajstić information content (AvgIpc) is 2.67. The molecule has 0 bridgehead atoms. The number of sulfonamides is 1. The molecule has 2 aromatic rings. The Morgan fingerprint density at radius 3 is 2.46 bits per heavy atom. The number of halogens is 1. The minimum absolute atomic E-state index is 0. The fourth-order valence-electron chi connectivity index (χ4n) is 3.28. The molecule has 1 fully saturated rings. The van der Waals surface area contributed by atoms with Gasteiger partial charge in [0.15, 0.2) is 0 Å². The summed E-state index contributed by atoms with van der Waals surface area (Å²) in [6, 6.07) is 13.5. The molecule has 0 atom stereocenters. The monoisotopic (exact) mass is 423 g/mol. The van der Waals surface area contributed by atoms with E-state index >= 15 is 0 Å². The summed E-state index contributed by atoms with van der Waals surface area (Å²) >= 11 is 0. The summed E-state index contributed by atoms with van der Waals surface area (Å²) in [5.74, 6) is -0.158. The largest absolute Gasteiger partial charge is 0.339 e. The van der Waals surface area contributed by atoms with Gasteiger partial charge in [0.2, 0.25) is 0 Å². The molecule has 0 aliphatic carbocycles. The Bertz CT molecular complexity index is 928. The molecule has 0 unspecified atom stereocenters. The van der Waals surface area contributed by atoms with Crippen LogP contribution in [-0.2, 0) is 10.0 Å². The van der Waals surface area contributed by atoms with Crippen LogP contribution in [-0.4, -0.2) is 45.4 Å². The number of nitrogens with one attached hydrogen (secondary N) is 2. The summed E-state index contributed by atoms with van der Waals surface area (Å²) in [5, 5.41) is 3.28. The zero-order valence-electron chi connectivity index (χ0n) is 16.0. The van der Waals surface area contributed by atoms with Gasteiger partial charge in [0, 0.05) is 24.3 Å². The predicted octanol–water partition coefficient (Wildman–Crippen LogP) is 3.04. The van der Waals surface area contributed by atoms with Crippen molar-refractivity contribution < 1.29 is 13.2 Å². The lowest BCUT2D eigenvalue weighted by atomic mass is 10.0. The molecule has 0 saturated carbocycles. The number of nitrogens with zero attached hydrogens (tertiary/aromatic N) is 1. The summed E-state index contributed by atoms with van der Waals surface area (Å²) in [4.78, 5) is 14.6. The minimum Gasteiger partial charge on any atom is -0.339 e. The maximum absolute atomic E-state index is 12.8. The zero-order valence-corrected chi connectivity index (χ0v) is 17.6. The Labute approximate surface area is 172 Å². The summed E-state index contributed by atoms with van der Waals surface area (Å²) in [6.07, 6.45) is 1.80. The van der Waals surface area contributed by atoms with Gasteiger partial charge in [0.05, 0.1) is 4.90 Å². The van der Waals surface area contributed by atoms with Gasteiger partial charge in [-0.15, -0.1) is 12.4 Å². The van der Waals surface area contributed by atoms with Gasteiger partial charge in [0.25, 0.3) is 15.9 Å². The molecule has 8 heteroatoms. The van der Waals surface area contributed by atoms with Crippen molar-refractivity contribution in [2.75, 3.05) is 24.9 Å². The average molecular weight is 424 g/mol. The molecule has 2 N–H and O–H groups in total. The number of benzene rings is 2. The highest BCUT2D eigenvalue weighted by molar-refractivity contribution is 7.92. The normalized spacial score (nSPS) is 14.8. The van der Waals surface area contributed by atoms with Crippen LogP contribution in [0.2, 0.25) is 0 Å². The molecular weight excluding hydrogens is 398 g/mol. The SMILES string of the molecule is Cc1cccc(NS(=O)(=O)c2cccc(C(=O)N(C)C3CCNCC3)c2)c1.Cl. The lowest BCUT2D eigenvalue weighted by Gasteiger charge is -2.31. The van der Waals surface area contributed by atoms with Crippen molar-refractivity contribution >= 4 is 34.0 Å². The van der Waals surface area contributed by atoms with Crippen LogP contribution in [0, 0.1) is 6.92 Å². The summed E-state index contributed by atoms with van der Waals surface area (Å²) in [6.45, 7) is 3.67. The summed E-state index contributed by atoms with van der Waals surface area (Å²) in [5.41, 5.74) is 1.84. The first-order valence-corrected chi connectivity index (χ1v) is 10.5. The minimum atomic E-state index is -3.77. The topological polar surface area (TPSA) is 78.5 Å². The van der Waals surface area contributed by atoms with Crippen molar-refractivity contribution in [3.05, 3.63) is 59.7 Å². The predicted molar refractivity (Wildman–Crippen MR) is 114 cm³/mol. The second-order valence-electron chi connectivity index (χ2n) is 6.90. The van der Waals surface area contributed by atoms with Crippen molar-refractivity contribution in [3.8, 4) is 0 Å². The Morgan fingerprint density at radius 1 is 1.11 bits per heavy atom. The van der Waals surface area contributed by atoms with E-state index in [2.05, 4.69) is 10.0 Å². The highest BCUT2D eigenvalue weighted by atomic mass is 35.5. The van der Waals surface area contributed by atoms with Crippen molar-refractivity contribution in [2.45, 2.75) is 30.7 Å². The van der Waals surface area contributed by atoms with E-state index in [4.69, 9.17) is 0 Å². The quantitative estimate of drug-likeness (QED) is 0.774. The summed E-state index contributed by atoms with van der Waals surface area (Å²) < 4.78 is 28.0. The molecule has 1 amide bonds. The van der Waals surface area contributed by atoms with E-state index < -0.39 is 10.0 Å². The summed E-state index contributed by atoms with van der Waals surface area (Å²) in [7, 11) is -1.99. The van der Waals surface area contributed by atoms with E-state index in [9.17, 15) is 13.2 Å². The van der Waals surface area contributed by atoms with Crippen LogP contribution in [0.3, 0.4) is 0 Å². The number of carbonyl (C=O) groups excluding carboxylic acids is 1. The second-order valence-corrected chi connectivity index (χ2v) is 8.58. The van der Waals surface area contributed by atoms with Gasteiger partial charge in [-0.1, -0.05) is 18.2 Å². The first kappa shape index (κ1) is 22.2. The van der Waals surface area contributed by atoms with Crippen LogP contribution in [0.4, 0.5) is 5.69 Å². The highest BCUT2D eigenvalue weighted by Gasteiger charge is 2.24. The fraction of sp³-hybridized carbons (Fsp3) is 0.350. The van der Waals surface area contributed by atoms with E-state index in [-0.39, 0.29) is 29.3 Å². The molecule has 28 heavy (non-hydrogen) atoms. The van der Waals surface area contributed by atoms with Crippen LogP contribution in [0.15, 0.2) is 53.4 Å². The Hall–Kier alpha value is -2.09. The van der Waals surface area contributed by atoms with Crippen LogP contribution < -0.4 is 10.0 Å². The van der Waals surface area contributed by atoms with E-state index in [0.717, 1.165) is 31.5 Å². The highest BCUT2D eigenvalue weighted by Crippen LogP contribution is 2.20. The van der Waals surface area contributed by atoms with Crippen LogP contribution in [0.25, 0.3) is 0 Å². The lowest BCUT2D eigenvalue weighted by molar-refractivity contribution is 0.0703. The molecule has 1 aliphatic heterocycles. The van der Waals surface area contributed by atoms with Crippen molar-refractivity contribution in [1.82, 2.24) is 10.2 Å². The van der Waals surface area contributed by atoms with Crippen molar-refractivity contribution in [3.63, 3.8) is 0 Å². The van der Waals surface area contributed by atoms with Crippen LogP contribution in [0.5, 0.6) is 0 Å². The van der Waals surface area contributed by atoms with Gasteiger partial charge in [-0.25, -0.2) is 8.42 Å². The van der Waals surface area contributed by atoms with Gasteiger partial charge < -0.3 is 10.2 Å². The van der Waals surface area contributed by atoms with Gasteiger partial charge in [0.1, 0.15) is 0 Å². The molecule has 1 aliphatic rings. The molecular formula is C20H26ClN3O3S. The first-order valence-electron chi connectivity index (χ1n) is 9.04. The first-order chi connectivity index (χ1) is 12.9. The van der Waals surface area contributed by atoms with E-state index in [1.165, 1.54) is 12.1 Å². The number of hydrogen-bond acceptors (Lipinski definition) is 4. The maximum atomic E-state index is 12.8. The molecule has 1 saturated heterocycles. The maximum Gasteiger partial charge on any atom is 0.261 e.